The van der Waals surface area contributed by atoms with Gasteiger partial charge in [-0.25, -0.2) is 4.79 Å². The lowest BCUT2D eigenvalue weighted by atomic mass is 9.97. The summed E-state index contributed by atoms with van der Waals surface area (Å²) >= 11 is 0. The van der Waals surface area contributed by atoms with Gasteiger partial charge in [-0.05, 0) is 29.5 Å². The average molecular weight is 479 g/mol. The summed E-state index contributed by atoms with van der Waals surface area (Å²) in [5.41, 5.74) is 3.10. The minimum atomic E-state index is -1.63. The van der Waals surface area contributed by atoms with Crippen molar-refractivity contribution in [3.63, 3.8) is 0 Å². The first kappa shape index (κ1) is 25.6. The van der Waals surface area contributed by atoms with Crippen molar-refractivity contribution >= 4 is 23.6 Å². The molecule has 5 N–H and O–H groups in total. The summed E-state index contributed by atoms with van der Waals surface area (Å²) in [6, 6.07) is 18.4. The quantitative estimate of drug-likeness (QED) is 0.270. The topological polar surface area (TPSA) is 144 Å². The maximum atomic E-state index is 12.8. The van der Waals surface area contributed by atoms with E-state index in [2.05, 4.69) is 20.8 Å². The number of nitrogens with zero attached hydrogens (tertiary/aromatic N) is 1. The Bertz CT molecular complexity index is 1130. The number of carbonyl (C=O) groups is 3. The lowest BCUT2D eigenvalue weighted by Gasteiger charge is -2.20. The molecule has 3 aromatic rings. The first-order chi connectivity index (χ1) is 16.9. The molecule has 3 rings (SSSR count). The Morgan fingerprint density at radius 1 is 1.03 bits per heavy atom. The zero-order valence-corrected chi connectivity index (χ0v) is 19.5. The summed E-state index contributed by atoms with van der Waals surface area (Å²) < 4.78 is 0. The molecule has 1 aromatic heterocycles. The third-order valence-corrected chi connectivity index (χ3v) is 5.52. The number of aliphatic hydroxyl groups excluding tert-OH is 1. The molecule has 0 aliphatic carbocycles. The predicted octanol–water partition coefficient (Wildman–Crippen LogP) is 3.38. The number of aliphatic hydroxyl groups is 1. The summed E-state index contributed by atoms with van der Waals surface area (Å²) in [5.74, 6) is -1.83. The van der Waals surface area contributed by atoms with Gasteiger partial charge in [-0.2, -0.15) is 5.10 Å². The molecule has 9 nitrogen and oxygen atoms in total. The van der Waals surface area contributed by atoms with Crippen LogP contribution >= 0.6 is 0 Å². The molecule has 0 saturated heterocycles. The summed E-state index contributed by atoms with van der Waals surface area (Å²) in [6.45, 7) is 1.99. The molecule has 1 unspecified atom stereocenters. The van der Waals surface area contributed by atoms with Gasteiger partial charge in [0, 0.05) is 24.9 Å². The van der Waals surface area contributed by atoms with E-state index < -0.39 is 24.0 Å². The van der Waals surface area contributed by atoms with Crippen LogP contribution in [0.4, 0.5) is 5.82 Å². The molecule has 0 aliphatic rings. The van der Waals surface area contributed by atoms with Crippen molar-refractivity contribution in [2.45, 2.75) is 51.2 Å². The van der Waals surface area contributed by atoms with Gasteiger partial charge in [0.25, 0.3) is 5.91 Å². The molecule has 0 bridgehead atoms. The Labute approximate surface area is 203 Å². The van der Waals surface area contributed by atoms with Crippen molar-refractivity contribution in [2.24, 2.45) is 0 Å². The number of anilines is 1. The smallest absolute Gasteiger partial charge is 0.332 e. The Hall–Kier alpha value is -3.98. The Kier molecular flexibility index (Phi) is 9.14. The average Bonchev–Trinajstić information content (AvgIpc) is 3.32. The van der Waals surface area contributed by atoms with E-state index in [4.69, 9.17) is 5.11 Å². The van der Waals surface area contributed by atoms with Crippen LogP contribution in [0.5, 0.6) is 0 Å². The first-order valence-corrected chi connectivity index (χ1v) is 11.6. The number of hydrogen-bond acceptors (Lipinski definition) is 5. The molecular formula is C26H30N4O5. The molecule has 1 heterocycles. The summed E-state index contributed by atoms with van der Waals surface area (Å²) in [5, 5.41) is 31.0. The predicted molar refractivity (Wildman–Crippen MR) is 132 cm³/mol. The standard InChI is InChI=1S/C26H30N4O5/c1-2-3-9-24(32)28-23-16-21(29-30-23)25(33)27-20(15-22(31)26(34)35)14-17-10-12-19(13-11-17)18-7-5-4-6-8-18/h4-8,10-13,16,20,22,31H,2-3,9,14-15H2,1H3,(H,27,33)(H,34,35)(H2,28,29,30,32)/t20?,22-/m1/s1. The number of benzene rings is 2. The first-order valence-electron chi connectivity index (χ1n) is 11.6. The van der Waals surface area contributed by atoms with Crippen LogP contribution in [0.25, 0.3) is 11.1 Å². The van der Waals surface area contributed by atoms with Crippen LogP contribution < -0.4 is 10.6 Å². The van der Waals surface area contributed by atoms with Gasteiger partial charge < -0.3 is 20.8 Å². The third-order valence-electron chi connectivity index (χ3n) is 5.52. The summed E-state index contributed by atoms with van der Waals surface area (Å²) in [7, 11) is 0. The molecule has 2 atom stereocenters. The third kappa shape index (κ3) is 7.79. The number of carboxylic acids is 1. The fraction of sp³-hybridized carbons (Fsp3) is 0.308. The number of rotatable bonds is 12. The Morgan fingerprint density at radius 2 is 1.71 bits per heavy atom. The molecule has 2 aromatic carbocycles. The normalized spacial score (nSPS) is 12.5. The van der Waals surface area contributed by atoms with E-state index in [1.165, 1.54) is 6.07 Å². The minimum Gasteiger partial charge on any atom is -0.479 e. The van der Waals surface area contributed by atoms with Crippen LogP contribution in [0.2, 0.25) is 0 Å². The van der Waals surface area contributed by atoms with Crippen LogP contribution in [0.15, 0.2) is 60.7 Å². The van der Waals surface area contributed by atoms with Crippen LogP contribution in [-0.4, -0.2) is 50.3 Å². The van der Waals surface area contributed by atoms with Gasteiger partial charge in [0.15, 0.2) is 11.9 Å². The molecule has 0 aliphatic heterocycles. The van der Waals surface area contributed by atoms with Gasteiger partial charge >= 0.3 is 5.97 Å². The van der Waals surface area contributed by atoms with Gasteiger partial charge in [-0.1, -0.05) is 67.9 Å². The maximum Gasteiger partial charge on any atom is 0.332 e. The van der Waals surface area contributed by atoms with Gasteiger partial charge in [-0.15, -0.1) is 0 Å². The number of carbonyl (C=O) groups excluding carboxylic acids is 2. The molecular weight excluding hydrogens is 448 g/mol. The van der Waals surface area contributed by atoms with Crippen molar-refractivity contribution in [1.82, 2.24) is 15.5 Å². The number of aliphatic carboxylic acids is 1. The molecule has 0 saturated carbocycles. The lowest BCUT2D eigenvalue weighted by Crippen LogP contribution is -2.40. The number of amides is 2. The number of carboxylic acid groups (broad SMARTS) is 1. The Balaban J connectivity index is 1.67. The van der Waals surface area contributed by atoms with Crippen molar-refractivity contribution in [2.75, 3.05) is 5.32 Å². The van der Waals surface area contributed by atoms with Crippen LogP contribution in [-0.2, 0) is 16.0 Å². The second-order valence-electron chi connectivity index (χ2n) is 8.35. The summed E-state index contributed by atoms with van der Waals surface area (Å²) in [4.78, 5) is 35.9. The number of hydrogen-bond donors (Lipinski definition) is 5. The van der Waals surface area contributed by atoms with Crippen molar-refractivity contribution in [3.8, 4) is 11.1 Å². The highest BCUT2D eigenvalue weighted by Gasteiger charge is 2.23. The van der Waals surface area contributed by atoms with Gasteiger partial charge in [0.2, 0.25) is 5.91 Å². The highest BCUT2D eigenvalue weighted by atomic mass is 16.4. The molecule has 0 fully saturated rings. The van der Waals surface area contributed by atoms with Crippen molar-refractivity contribution < 1.29 is 24.6 Å². The van der Waals surface area contributed by atoms with E-state index in [1.807, 2.05) is 61.5 Å². The van der Waals surface area contributed by atoms with E-state index in [1.54, 1.807) is 0 Å². The fourth-order valence-electron chi connectivity index (χ4n) is 3.62. The number of nitrogens with one attached hydrogen (secondary N) is 3. The molecule has 2 amide bonds. The fourth-order valence-corrected chi connectivity index (χ4v) is 3.62. The van der Waals surface area contributed by atoms with Gasteiger partial charge in [-0.3, -0.25) is 14.7 Å². The molecule has 0 spiro atoms. The van der Waals surface area contributed by atoms with Crippen LogP contribution in [0.1, 0.15) is 48.7 Å². The molecule has 35 heavy (non-hydrogen) atoms. The summed E-state index contributed by atoms with van der Waals surface area (Å²) in [6.07, 6.45) is 0.530. The minimum absolute atomic E-state index is 0.116. The van der Waals surface area contributed by atoms with Crippen LogP contribution in [0.3, 0.4) is 0 Å². The molecule has 9 heteroatoms. The monoisotopic (exact) mass is 478 g/mol. The second kappa shape index (κ2) is 12.5. The number of aromatic amines is 1. The van der Waals surface area contributed by atoms with E-state index in [-0.39, 0.29) is 23.8 Å². The van der Waals surface area contributed by atoms with E-state index in [0.717, 1.165) is 29.5 Å². The number of aromatic nitrogens is 2. The lowest BCUT2D eigenvalue weighted by molar-refractivity contribution is -0.147. The number of H-pyrrole nitrogens is 1. The van der Waals surface area contributed by atoms with Gasteiger partial charge in [0.1, 0.15) is 5.69 Å². The van der Waals surface area contributed by atoms with E-state index in [0.29, 0.717) is 12.8 Å². The highest BCUT2D eigenvalue weighted by Crippen LogP contribution is 2.20. The zero-order valence-electron chi connectivity index (χ0n) is 19.5. The van der Waals surface area contributed by atoms with Crippen molar-refractivity contribution in [1.29, 1.82) is 0 Å². The van der Waals surface area contributed by atoms with Gasteiger partial charge in [0.05, 0.1) is 0 Å². The highest BCUT2D eigenvalue weighted by molar-refractivity contribution is 5.95. The van der Waals surface area contributed by atoms with Crippen molar-refractivity contribution in [3.05, 3.63) is 71.9 Å². The molecule has 184 valence electrons. The maximum absolute atomic E-state index is 12.8. The molecule has 0 radical (unpaired) electrons. The van der Waals surface area contributed by atoms with E-state index in [9.17, 15) is 19.5 Å². The second-order valence-corrected chi connectivity index (χ2v) is 8.35. The zero-order chi connectivity index (χ0) is 25.2. The number of unbranched alkanes of at least 4 members (excludes halogenated alkanes) is 1. The van der Waals surface area contributed by atoms with E-state index >= 15 is 0 Å². The SMILES string of the molecule is CCCCC(=O)Nc1cc(C(=O)NC(Cc2ccc(-c3ccccc3)cc2)C[C@@H](O)C(=O)O)[nH]n1. The van der Waals surface area contributed by atoms with Crippen LogP contribution in [0, 0.1) is 0 Å². The Morgan fingerprint density at radius 3 is 2.37 bits per heavy atom. The largest absolute Gasteiger partial charge is 0.479 e.